The number of hydrogen-bond donors (Lipinski definition) is 0. The van der Waals surface area contributed by atoms with Gasteiger partial charge in [0.25, 0.3) is 0 Å². The minimum atomic E-state index is 0.760. The number of para-hydroxylation sites is 1. The third kappa shape index (κ3) is 2.13. The third-order valence-electron chi connectivity index (χ3n) is 1.89. The summed E-state index contributed by atoms with van der Waals surface area (Å²) in [5.74, 6) is 1.60. The molecule has 2 rings (SSSR count). The van der Waals surface area contributed by atoms with Crippen LogP contribution in [0, 0.1) is 13.0 Å². The van der Waals surface area contributed by atoms with Crippen molar-refractivity contribution in [2.75, 3.05) is 0 Å². The highest BCUT2D eigenvalue weighted by atomic mass is 16.5. The largest absolute Gasteiger partial charge is 0.457 e. The van der Waals surface area contributed by atoms with Crippen LogP contribution >= 0.6 is 0 Å². The summed E-state index contributed by atoms with van der Waals surface area (Å²) in [5.41, 5.74) is 1.08. The van der Waals surface area contributed by atoms with Gasteiger partial charge in [0.05, 0.1) is 0 Å². The van der Waals surface area contributed by atoms with Gasteiger partial charge in [-0.25, -0.2) is 0 Å². The normalized spacial score (nSPS) is 9.79. The molecule has 0 spiro atoms. The van der Waals surface area contributed by atoms with E-state index in [4.69, 9.17) is 4.74 Å². The van der Waals surface area contributed by atoms with E-state index in [0.29, 0.717) is 0 Å². The average molecular weight is 183 g/mol. The minimum absolute atomic E-state index is 0.760. The Labute approximate surface area is 84.0 Å². The molecule has 0 amide bonds. The summed E-state index contributed by atoms with van der Waals surface area (Å²) in [7, 11) is 0. The van der Waals surface area contributed by atoms with Crippen molar-refractivity contribution in [3.05, 3.63) is 60.2 Å². The molecule has 0 atom stereocenters. The predicted molar refractivity (Wildman–Crippen MR) is 56.5 cm³/mol. The number of ether oxygens (including phenoxy) is 1. The molecule has 0 aliphatic rings. The first-order valence-corrected chi connectivity index (χ1v) is 4.56. The summed E-state index contributed by atoms with van der Waals surface area (Å²) in [4.78, 5) is 0. The molecule has 14 heavy (non-hydrogen) atoms. The molecule has 2 aromatic carbocycles. The summed E-state index contributed by atoms with van der Waals surface area (Å²) >= 11 is 0. The van der Waals surface area contributed by atoms with Crippen molar-refractivity contribution in [3.8, 4) is 11.5 Å². The molecular weight excluding hydrogens is 172 g/mol. The fourth-order valence-electron chi connectivity index (χ4n) is 1.23. The fraction of sp³-hybridized carbons (Fsp3) is 0.0769. The lowest BCUT2D eigenvalue weighted by Gasteiger charge is -2.04. The molecule has 1 radical (unpaired) electrons. The molecule has 69 valence electrons. The predicted octanol–water partition coefficient (Wildman–Crippen LogP) is 3.59. The first-order chi connectivity index (χ1) is 6.84. The van der Waals surface area contributed by atoms with Crippen molar-refractivity contribution in [2.24, 2.45) is 0 Å². The average Bonchev–Trinajstić information content (AvgIpc) is 2.19. The lowest BCUT2D eigenvalue weighted by molar-refractivity contribution is 0.481. The van der Waals surface area contributed by atoms with E-state index < -0.39 is 0 Å². The molecule has 0 saturated heterocycles. The lowest BCUT2D eigenvalue weighted by Crippen LogP contribution is -1.84. The van der Waals surface area contributed by atoms with Crippen LogP contribution in [0.3, 0.4) is 0 Å². The monoisotopic (exact) mass is 183 g/mol. The Hall–Kier alpha value is -1.76. The highest BCUT2D eigenvalue weighted by Crippen LogP contribution is 2.20. The maximum absolute atomic E-state index is 5.60. The molecule has 0 aliphatic heterocycles. The first-order valence-electron chi connectivity index (χ1n) is 4.56. The summed E-state index contributed by atoms with van der Waals surface area (Å²) in [6.45, 7) is 2.00. The van der Waals surface area contributed by atoms with Gasteiger partial charge in [0.15, 0.2) is 0 Å². The van der Waals surface area contributed by atoms with E-state index in [-0.39, 0.29) is 0 Å². The minimum Gasteiger partial charge on any atom is -0.457 e. The molecule has 0 saturated carbocycles. The Kier molecular flexibility index (Phi) is 2.50. The number of hydrogen-bond acceptors (Lipinski definition) is 1. The Morgan fingerprint density at radius 1 is 0.929 bits per heavy atom. The molecule has 0 unspecified atom stereocenters. The topological polar surface area (TPSA) is 9.23 Å². The fourth-order valence-corrected chi connectivity index (χ4v) is 1.23. The first kappa shape index (κ1) is 8.82. The zero-order valence-corrected chi connectivity index (χ0v) is 8.03. The molecular formula is C13H11O. The van der Waals surface area contributed by atoms with Gasteiger partial charge in [-0.15, -0.1) is 0 Å². The quantitative estimate of drug-likeness (QED) is 0.691. The molecule has 0 bridgehead atoms. The van der Waals surface area contributed by atoms with Gasteiger partial charge < -0.3 is 4.74 Å². The Bertz CT molecular complexity index is 407. The summed E-state index contributed by atoms with van der Waals surface area (Å²) < 4.78 is 5.60. The van der Waals surface area contributed by atoms with Crippen LogP contribution < -0.4 is 4.74 Å². The van der Waals surface area contributed by atoms with Crippen molar-refractivity contribution >= 4 is 0 Å². The van der Waals surface area contributed by atoms with E-state index in [2.05, 4.69) is 6.07 Å². The van der Waals surface area contributed by atoms with Crippen LogP contribution in [0.15, 0.2) is 48.5 Å². The lowest BCUT2D eigenvalue weighted by atomic mass is 10.2. The molecule has 0 aromatic heterocycles. The Morgan fingerprint density at radius 2 is 1.71 bits per heavy atom. The molecule has 0 N–H and O–H groups in total. The highest BCUT2D eigenvalue weighted by Gasteiger charge is 1.95. The van der Waals surface area contributed by atoms with Crippen LogP contribution in [0.4, 0.5) is 0 Å². The van der Waals surface area contributed by atoms with Gasteiger partial charge in [-0.3, -0.25) is 0 Å². The molecule has 0 heterocycles. The van der Waals surface area contributed by atoms with Crippen LogP contribution in [0.1, 0.15) is 5.56 Å². The van der Waals surface area contributed by atoms with Crippen molar-refractivity contribution in [1.82, 2.24) is 0 Å². The number of benzene rings is 2. The van der Waals surface area contributed by atoms with Gasteiger partial charge in [0, 0.05) is 6.07 Å². The van der Waals surface area contributed by atoms with E-state index in [0.717, 1.165) is 17.1 Å². The molecule has 0 aliphatic carbocycles. The number of aryl methyl sites for hydroxylation is 1. The molecule has 2 aromatic rings. The zero-order chi connectivity index (χ0) is 9.80. The van der Waals surface area contributed by atoms with Crippen LogP contribution in [0.5, 0.6) is 11.5 Å². The van der Waals surface area contributed by atoms with Gasteiger partial charge in [0.1, 0.15) is 11.5 Å². The molecule has 1 nitrogen and oxygen atoms in total. The second kappa shape index (κ2) is 3.97. The molecule has 1 heteroatoms. The van der Waals surface area contributed by atoms with Crippen molar-refractivity contribution < 1.29 is 4.74 Å². The van der Waals surface area contributed by atoms with Crippen LogP contribution in [0.2, 0.25) is 0 Å². The molecule has 0 fully saturated rings. The summed E-state index contributed by atoms with van der Waals surface area (Å²) in [6, 6.07) is 18.7. The third-order valence-corrected chi connectivity index (χ3v) is 1.89. The van der Waals surface area contributed by atoms with Crippen molar-refractivity contribution in [1.29, 1.82) is 0 Å². The Balaban J connectivity index is 2.19. The van der Waals surface area contributed by atoms with E-state index in [1.807, 2.05) is 55.5 Å². The van der Waals surface area contributed by atoms with E-state index >= 15 is 0 Å². The van der Waals surface area contributed by atoms with Gasteiger partial charge in [0.2, 0.25) is 0 Å². The van der Waals surface area contributed by atoms with Crippen LogP contribution in [0.25, 0.3) is 0 Å². The SMILES string of the molecule is Cc1[c]c(Oc2ccccc2)ccc1. The van der Waals surface area contributed by atoms with Crippen molar-refractivity contribution in [3.63, 3.8) is 0 Å². The Morgan fingerprint density at radius 3 is 2.43 bits per heavy atom. The van der Waals surface area contributed by atoms with Crippen LogP contribution in [-0.2, 0) is 0 Å². The standard InChI is InChI=1S/C13H11O/c1-11-6-5-9-13(10-11)14-12-7-3-2-4-8-12/h2-9H,1H3. The maximum atomic E-state index is 5.60. The maximum Gasteiger partial charge on any atom is 0.135 e. The van der Waals surface area contributed by atoms with E-state index in [9.17, 15) is 0 Å². The van der Waals surface area contributed by atoms with Gasteiger partial charge in [-0.05, 0) is 30.7 Å². The second-order valence-electron chi connectivity index (χ2n) is 3.11. The summed E-state index contributed by atoms with van der Waals surface area (Å²) in [6.07, 6.45) is 0. The van der Waals surface area contributed by atoms with E-state index in [1.54, 1.807) is 0 Å². The zero-order valence-electron chi connectivity index (χ0n) is 8.03. The smallest absolute Gasteiger partial charge is 0.135 e. The van der Waals surface area contributed by atoms with Gasteiger partial charge >= 0.3 is 0 Å². The van der Waals surface area contributed by atoms with Gasteiger partial charge in [-0.1, -0.05) is 30.3 Å². The summed E-state index contributed by atoms with van der Waals surface area (Å²) in [5, 5.41) is 0. The number of rotatable bonds is 2. The van der Waals surface area contributed by atoms with Crippen molar-refractivity contribution in [2.45, 2.75) is 6.92 Å². The highest BCUT2D eigenvalue weighted by molar-refractivity contribution is 5.32. The second-order valence-corrected chi connectivity index (χ2v) is 3.11. The van der Waals surface area contributed by atoms with E-state index in [1.165, 1.54) is 0 Å². The van der Waals surface area contributed by atoms with Gasteiger partial charge in [-0.2, -0.15) is 0 Å². The van der Waals surface area contributed by atoms with Crippen LogP contribution in [-0.4, -0.2) is 0 Å².